The summed E-state index contributed by atoms with van der Waals surface area (Å²) in [5.74, 6) is 3.72. The average molecular weight is 343 g/mol. The second-order valence-corrected chi connectivity index (χ2v) is 7.12. The van der Waals surface area contributed by atoms with Gasteiger partial charge >= 0.3 is 0 Å². The van der Waals surface area contributed by atoms with Crippen LogP contribution in [0.4, 0.5) is 11.9 Å². The van der Waals surface area contributed by atoms with Crippen LogP contribution in [0.5, 0.6) is 0 Å². The highest BCUT2D eigenvalue weighted by atomic mass is 15.4. The third kappa shape index (κ3) is 3.60. The molecule has 0 aromatic carbocycles. The summed E-state index contributed by atoms with van der Waals surface area (Å²) >= 11 is 0. The summed E-state index contributed by atoms with van der Waals surface area (Å²) in [7, 11) is 3.95. The van der Waals surface area contributed by atoms with Crippen molar-refractivity contribution in [3.8, 4) is 0 Å². The molecule has 0 aliphatic carbocycles. The zero-order chi connectivity index (χ0) is 18.0. The summed E-state index contributed by atoms with van der Waals surface area (Å²) in [5, 5.41) is 0. The molecule has 0 bridgehead atoms. The molecule has 3 heterocycles. The van der Waals surface area contributed by atoms with E-state index >= 15 is 0 Å². The van der Waals surface area contributed by atoms with Gasteiger partial charge in [0.15, 0.2) is 0 Å². The van der Waals surface area contributed by atoms with Crippen LogP contribution < -0.4 is 9.80 Å². The monoisotopic (exact) mass is 343 g/mol. The molecular weight excluding hydrogens is 314 g/mol. The van der Waals surface area contributed by atoms with Crippen LogP contribution in [0.1, 0.15) is 63.6 Å². The Labute approximate surface area is 150 Å². The fourth-order valence-electron chi connectivity index (χ4n) is 3.28. The molecule has 7 heteroatoms. The lowest BCUT2D eigenvalue weighted by Crippen LogP contribution is -2.37. The van der Waals surface area contributed by atoms with Gasteiger partial charge < -0.3 is 14.4 Å². The van der Waals surface area contributed by atoms with Crippen LogP contribution in [-0.2, 0) is 6.54 Å². The second-order valence-electron chi connectivity index (χ2n) is 7.12. The van der Waals surface area contributed by atoms with E-state index < -0.39 is 0 Å². The van der Waals surface area contributed by atoms with Gasteiger partial charge in [0.25, 0.3) is 0 Å². The minimum absolute atomic E-state index is 0.223. The SMILES string of the molecule is CCn1ccnc1[C@@H]1CCCCN1c1nc(C(C)C)nc(N(C)C)n1. The molecule has 1 atom stereocenters. The van der Waals surface area contributed by atoms with Crippen molar-refractivity contribution in [1.29, 1.82) is 0 Å². The Bertz CT molecular complexity index is 681. The maximum absolute atomic E-state index is 4.79. The van der Waals surface area contributed by atoms with Gasteiger partial charge in [-0.05, 0) is 26.2 Å². The molecule has 0 saturated carbocycles. The van der Waals surface area contributed by atoms with Crippen LogP contribution in [0.2, 0.25) is 0 Å². The predicted molar refractivity (Wildman–Crippen MR) is 100 cm³/mol. The minimum atomic E-state index is 0.223. The third-order valence-corrected chi connectivity index (χ3v) is 4.69. The normalized spacial score (nSPS) is 18.0. The number of rotatable bonds is 5. The second kappa shape index (κ2) is 7.37. The lowest BCUT2D eigenvalue weighted by Gasteiger charge is -2.36. The fourth-order valence-corrected chi connectivity index (χ4v) is 3.28. The molecule has 1 aliphatic rings. The first-order valence-corrected chi connectivity index (χ1v) is 9.22. The molecule has 136 valence electrons. The number of imidazole rings is 1. The standard InChI is InChI=1S/C18H29N7/c1-6-24-12-10-19-16(24)14-9-7-8-11-25(14)18-21-15(13(2)3)20-17(22-18)23(4)5/h10,12-14H,6-9,11H2,1-5H3/t14-/m0/s1. The third-order valence-electron chi connectivity index (χ3n) is 4.69. The van der Waals surface area contributed by atoms with E-state index in [0.717, 1.165) is 49.5 Å². The van der Waals surface area contributed by atoms with E-state index in [1.165, 1.54) is 6.42 Å². The zero-order valence-electron chi connectivity index (χ0n) is 16.0. The van der Waals surface area contributed by atoms with E-state index in [0.29, 0.717) is 0 Å². The van der Waals surface area contributed by atoms with Crippen molar-refractivity contribution in [1.82, 2.24) is 24.5 Å². The highest BCUT2D eigenvalue weighted by Gasteiger charge is 2.30. The molecule has 25 heavy (non-hydrogen) atoms. The van der Waals surface area contributed by atoms with E-state index in [9.17, 15) is 0 Å². The van der Waals surface area contributed by atoms with E-state index in [-0.39, 0.29) is 12.0 Å². The van der Waals surface area contributed by atoms with E-state index in [1.807, 2.05) is 25.2 Å². The smallest absolute Gasteiger partial charge is 0.231 e. The van der Waals surface area contributed by atoms with Crippen molar-refractivity contribution < 1.29 is 0 Å². The Balaban J connectivity index is 2.03. The first-order chi connectivity index (χ1) is 12.0. The fraction of sp³-hybridized carbons (Fsp3) is 0.667. The molecule has 0 amide bonds. The molecular formula is C18H29N7. The number of piperidine rings is 1. The Kier molecular flexibility index (Phi) is 5.20. The van der Waals surface area contributed by atoms with Crippen LogP contribution in [-0.4, -0.2) is 45.1 Å². The maximum Gasteiger partial charge on any atom is 0.231 e. The van der Waals surface area contributed by atoms with Crippen LogP contribution in [0.15, 0.2) is 12.4 Å². The number of anilines is 2. The Hall–Kier alpha value is -2.18. The lowest BCUT2D eigenvalue weighted by atomic mass is 10.0. The summed E-state index contributed by atoms with van der Waals surface area (Å²) in [6.45, 7) is 8.28. The van der Waals surface area contributed by atoms with Crippen LogP contribution in [0.25, 0.3) is 0 Å². The summed E-state index contributed by atoms with van der Waals surface area (Å²) in [5.41, 5.74) is 0. The van der Waals surface area contributed by atoms with Gasteiger partial charge in [0.1, 0.15) is 11.6 Å². The van der Waals surface area contributed by atoms with Crippen LogP contribution in [0, 0.1) is 0 Å². The maximum atomic E-state index is 4.79. The number of hydrogen-bond donors (Lipinski definition) is 0. The van der Waals surface area contributed by atoms with E-state index in [4.69, 9.17) is 9.97 Å². The van der Waals surface area contributed by atoms with Crippen LogP contribution in [0.3, 0.4) is 0 Å². The number of aryl methyl sites for hydroxylation is 1. The summed E-state index contributed by atoms with van der Waals surface area (Å²) < 4.78 is 2.22. The van der Waals surface area contributed by atoms with Crippen molar-refractivity contribution in [3.63, 3.8) is 0 Å². The van der Waals surface area contributed by atoms with Gasteiger partial charge in [-0.2, -0.15) is 15.0 Å². The number of nitrogens with zero attached hydrogens (tertiary/aromatic N) is 7. The first kappa shape index (κ1) is 17.6. The predicted octanol–water partition coefficient (Wildman–Crippen LogP) is 3.01. The van der Waals surface area contributed by atoms with Crippen molar-refractivity contribution in [2.24, 2.45) is 0 Å². The first-order valence-electron chi connectivity index (χ1n) is 9.22. The Morgan fingerprint density at radius 3 is 2.68 bits per heavy atom. The van der Waals surface area contributed by atoms with Crippen molar-refractivity contribution in [3.05, 3.63) is 24.0 Å². The summed E-state index contributed by atoms with van der Waals surface area (Å²) in [6.07, 6.45) is 7.39. The van der Waals surface area contributed by atoms with Gasteiger partial charge in [-0.15, -0.1) is 0 Å². The van der Waals surface area contributed by atoms with Crippen molar-refractivity contribution >= 4 is 11.9 Å². The van der Waals surface area contributed by atoms with Crippen molar-refractivity contribution in [2.45, 2.75) is 58.5 Å². The van der Waals surface area contributed by atoms with Gasteiger partial charge in [0.2, 0.25) is 11.9 Å². The number of hydrogen-bond acceptors (Lipinski definition) is 6. The van der Waals surface area contributed by atoms with Crippen molar-refractivity contribution in [2.75, 3.05) is 30.4 Å². The molecule has 0 unspecified atom stereocenters. The van der Waals surface area contributed by atoms with Gasteiger partial charge in [-0.3, -0.25) is 0 Å². The largest absolute Gasteiger partial charge is 0.347 e. The molecule has 1 saturated heterocycles. The van der Waals surface area contributed by atoms with Gasteiger partial charge in [-0.1, -0.05) is 13.8 Å². The van der Waals surface area contributed by atoms with E-state index in [1.54, 1.807) is 0 Å². The molecule has 0 spiro atoms. The quantitative estimate of drug-likeness (QED) is 0.831. The summed E-state index contributed by atoms with van der Waals surface area (Å²) in [6, 6.07) is 0.223. The van der Waals surface area contributed by atoms with Gasteiger partial charge in [-0.25, -0.2) is 4.98 Å². The van der Waals surface area contributed by atoms with Gasteiger partial charge in [0, 0.05) is 45.5 Å². The molecule has 7 nitrogen and oxygen atoms in total. The average Bonchev–Trinajstić information content (AvgIpc) is 3.09. The Morgan fingerprint density at radius 2 is 2.00 bits per heavy atom. The molecule has 3 rings (SSSR count). The minimum Gasteiger partial charge on any atom is -0.347 e. The van der Waals surface area contributed by atoms with Crippen LogP contribution >= 0.6 is 0 Å². The molecule has 2 aromatic rings. The molecule has 0 radical (unpaired) electrons. The highest BCUT2D eigenvalue weighted by Crippen LogP contribution is 2.33. The Morgan fingerprint density at radius 1 is 1.20 bits per heavy atom. The van der Waals surface area contributed by atoms with E-state index in [2.05, 4.69) is 46.4 Å². The highest BCUT2D eigenvalue weighted by molar-refractivity contribution is 5.41. The molecule has 1 fully saturated rings. The lowest BCUT2D eigenvalue weighted by molar-refractivity contribution is 0.434. The molecule has 1 aliphatic heterocycles. The zero-order valence-corrected chi connectivity index (χ0v) is 16.0. The molecule has 0 N–H and O–H groups in total. The molecule has 2 aromatic heterocycles. The summed E-state index contributed by atoms with van der Waals surface area (Å²) in [4.78, 5) is 23.1. The topological polar surface area (TPSA) is 63.0 Å². The number of aromatic nitrogens is 5. The van der Waals surface area contributed by atoms with Gasteiger partial charge in [0.05, 0.1) is 6.04 Å².